The van der Waals surface area contributed by atoms with Gasteiger partial charge >= 0.3 is 5.97 Å². The van der Waals surface area contributed by atoms with Gasteiger partial charge in [-0.25, -0.2) is 9.78 Å². The van der Waals surface area contributed by atoms with Gasteiger partial charge < -0.3 is 15.4 Å². The normalized spacial score (nSPS) is 10.2. The van der Waals surface area contributed by atoms with Crippen molar-refractivity contribution in [1.82, 2.24) is 9.97 Å². The first-order valence-electron chi connectivity index (χ1n) is 6.60. The van der Waals surface area contributed by atoms with E-state index in [0.29, 0.717) is 22.3 Å². The largest absolute Gasteiger partial charge is 0.478 e. The number of fused-ring (bicyclic) bond motifs is 1. The minimum atomic E-state index is -1.20. The first-order valence-corrected chi connectivity index (χ1v) is 6.60. The summed E-state index contributed by atoms with van der Waals surface area (Å²) in [5.74, 6) is -1.76. The smallest absolute Gasteiger partial charge is 0.336 e. The van der Waals surface area contributed by atoms with Crippen LogP contribution >= 0.6 is 0 Å². The van der Waals surface area contributed by atoms with Crippen LogP contribution in [0.3, 0.4) is 0 Å². The lowest BCUT2D eigenvalue weighted by atomic mass is 10.1. The highest BCUT2D eigenvalue weighted by atomic mass is 16.4. The van der Waals surface area contributed by atoms with E-state index in [1.165, 1.54) is 18.5 Å². The van der Waals surface area contributed by atoms with E-state index < -0.39 is 11.9 Å². The zero-order valence-corrected chi connectivity index (χ0v) is 11.7. The SMILES string of the molecule is N#Cc1ccc(NC(=O)c2cc3nc[nH]c3cc2C(=O)O)cc1. The number of carboxylic acid groups (broad SMARTS) is 1. The predicted octanol–water partition coefficient (Wildman–Crippen LogP) is 2.39. The molecule has 1 amide bonds. The van der Waals surface area contributed by atoms with Crippen molar-refractivity contribution in [3.05, 3.63) is 59.4 Å². The van der Waals surface area contributed by atoms with Crippen LogP contribution in [0.4, 0.5) is 5.69 Å². The number of imidazole rings is 1. The number of aromatic carboxylic acids is 1. The van der Waals surface area contributed by atoms with E-state index in [1.54, 1.807) is 24.3 Å². The summed E-state index contributed by atoms with van der Waals surface area (Å²) in [6.07, 6.45) is 1.43. The molecule has 0 bridgehead atoms. The maximum absolute atomic E-state index is 12.4. The molecule has 3 rings (SSSR count). The van der Waals surface area contributed by atoms with E-state index >= 15 is 0 Å². The van der Waals surface area contributed by atoms with E-state index in [4.69, 9.17) is 5.26 Å². The number of benzene rings is 2. The fourth-order valence-electron chi connectivity index (χ4n) is 2.17. The second kappa shape index (κ2) is 5.61. The number of H-pyrrole nitrogens is 1. The summed E-state index contributed by atoms with van der Waals surface area (Å²) in [5.41, 5.74) is 1.87. The fourth-order valence-corrected chi connectivity index (χ4v) is 2.17. The van der Waals surface area contributed by atoms with Gasteiger partial charge in [0.1, 0.15) is 0 Å². The number of nitrogens with zero attached hydrogens (tertiary/aromatic N) is 2. The van der Waals surface area contributed by atoms with Gasteiger partial charge in [-0.05, 0) is 36.4 Å². The molecular formula is C16H10N4O3. The van der Waals surface area contributed by atoms with Gasteiger partial charge in [-0.2, -0.15) is 5.26 Å². The Hall–Kier alpha value is -3.66. The number of carbonyl (C=O) groups excluding carboxylic acids is 1. The molecule has 0 unspecified atom stereocenters. The van der Waals surface area contributed by atoms with E-state index in [9.17, 15) is 14.7 Å². The zero-order chi connectivity index (χ0) is 16.4. The summed E-state index contributed by atoms with van der Waals surface area (Å²) < 4.78 is 0. The molecule has 0 aliphatic heterocycles. The second-order valence-electron chi connectivity index (χ2n) is 4.77. The number of rotatable bonds is 3. The van der Waals surface area contributed by atoms with Crippen LogP contribution in [0.25, 0.3) is 11.0 Å². The number of hydrogen-bond acceptors (Lipinski definition) is 4. The molecule has 112 valence electrons. The van der Waals surface area contributed by atoms with Crippen molar-refractivity contribution in [1.29, 1.82) is 5.26 Å². The highest BCUT2D eigenvalue weighted by Crippen LogP contribution is 2.19. The topological polar surface area (TPSA) is 119 Å². The molecule has 3 N–H and O–H groups in total. The maximum Gasteiger partial charge on any atom is 0.336 e. The van der Waals surface area contributed by atoms with Gasteiger partial charge in [0.25, 0.3) is 5.91 Å². The lowest BCUT2D eigenvalue weighted by molar-refractivity contribution is 0.0692. The third kappa shape index (κ3) is 2.73. The molecular weight excluding hydrogens is 296 g/mol. The average molecular weight is 306 g/mol. The second-order valence-corrected chi connectivity index (χ2v) is 4.77. The Labute approximate surface area is 130 Å². The molecule has 0 fully saturated rings. The van der Waals surface area contributed by atoms with Crippen molar-refractivity contribution < 1.29 is 14.7 Å². The summed E-state index contributed by atoms with van der Waals surface area (Å²) in [6, 6.07) is 11.0. The number of nitrogens with one attached hydrogen (secondary N) is 2. The number of aromatic amines is 1. The van der Waals surface area contributed by atoms with E-state index in [1.807, 2.05) is 6.07 Å². The molecule has 7 nitrogen and oxygen atoms in total. The van der Waals surface area contributed by atoms with Crippen LogP contribution in [0.15, 0.2) is 42.7 Å². The molecule has 1 aromatic heterocycles. The molecule has 7 heteroatoms. The number of carbonyl (C=O) groups is 2. The van der Waals surface area contributed by atoms with Crippen LogP contribution in [-0.2, 0) is 0 Å². The van der Waals surface area contributed by atoms with Gasteiger partial charge in [0, 0.05) is 5.69 Å². The monoisotopic (exact) mass is 306 g/mol. The predicted molar refractivity (Wildman–Crippen MR) is 82.2 cm³/mol. The van der Waals surface area contributed by atoms with Crippen LogP contribution < -0.4 is 5.32 Å². The van der Waals surface area contributed by atoms with Crippen molar-refractivity contribution in [3.63, 3.8) is 0 Å². The van der Waals surface area contributed by atoms with Crippen LogP contribution in [0.5, 0.6) is 0 Å². The summed E-state index contributed by atoms with van der Waals surface area (Å²) >= 11 is 0. The summed E-state index contributed by atoms with van der Waals surface area (Å²) in [6.45, 7) is 0. The molecule has 3 aromatic rings. The van der Waals surface area contributed by atoms with Gasteiger partial charge in [0.2, 0.25) is 0 Å². The van der Waals surface area contributed by atoms with Gasteiger partial charge in [-0.3, -0.25) is 4.79 Å². The third-order valence-corrected chi connectivity index (χ3v) is 3.31. The Kier molecular flexibility index (Phi) is 3.49. The van der Waals surface area contributed by atoms with Crippen LogP contribution in [0, 0.1) is 11.3 Å². The van der Waals surface area contributed by atoms with Gasteiger partial charge in [-0.1, -0.05) is 0 Å². The first-order chi connectivity index (χ1) is 11.1. The minimum Gasteiger partial charge on any atom is -0.478 e. The van der Waals surface area contributed by atoms with Crippen LogP contribution in [0.2, 0.25) is 0 Å². The zero-order valence-electron chi connectivity index (χ0n) is 11.7. The molecule has 0 aliphatic rings. The molecule has 0 aliphatic carbocycles. The number of anilines is 1. The first kappa shape index (κ1) is 14.3. The van der Waals surface area contributed by atoms with E-state index in [2.05, 4.69) is 15.3 Å². The molecule has 2 aromatic carbocycles. The molecule has 0 saturated carbocycles. The summed E-state index contributed by atoms with van der Waals surface area (Å²) in [5, 5.41) is 20.7. The Morgan fingerprint density at radius 2 is 1.91 bits per heavy atom. The summed E-state index contributed by atoms with van der Waals surface area (Å²) in [4.78, 5) is 30.6. The highest BCUT2D eigenvalue weighted by Gasteiger charge is 2.18. The third-order valence-electron chi connectivity index (χ3n) is 3.31. The molecule has 23 heavy (non-hydrogen) atoms. The molecule has 0 saturated heterocycles. The van der Waals surface area contributed by atoms with E-state index in [0.717, 1.165) is 0 Å². The lowest BCUT2D eigenvalue weighted by Crippen LogP contribution is -2.16. The molecule has 0 atom stereocenters. The number of hydrogen-bond donors (Lipinski definition) is 3. The number of amides is 1. The quantitative estimate of drug-likeness (QED) is 0.686. The van der Waals surface area contributed by atoms with Gasteiger partial charge in [0.15, 0.2) is 0 Å². The van der Waals surface area contributed by atoms with Crippen molar-refractivity contribution in [2.45, 2.75) is 0 Å². The molecule has 0 spiro atoms. The minimum absolute atomic E-state index is 0.0152. The highest BCUT2D eigenvalue weighted by molar-refractivity contribution is 6.12. The van der Waals surface area contributed by atoms with Gasteiger partial charge in [-0.15, -0.1) is 0 Å². The average Bonchev–Trinajstić information content (AvgIpc) is 3.01. The Morgan fingerprint density at radius 1 is 1.17 bits per heavy atom. The number of carboxylic acids is 1. The number of aromatic nitrogens is 2. The Bertz CT molecular complexity index is 952. The Balaban J connectivity index is 1.97. The van der Waals surface area contributed by atoms with Crippen molar-refractivity contribution in [3.8, 4) is 6.07 Å². The summed E-state index contributed by atoms with van der Waals surface area (Å²) in [7, 11) is 0. The van der Waals surface area contributed by atoms with Crippen molar-refractivity contribution in [2.75, 3.05) is 5.32 Å². The van der Waals surface area contributed by atoms with Crippen LogP contribution in [-0.4, -0.2) is 27.0 Å². The fraction of sp³-hybridized carbons (Fsp3) is 0. The van der Waals surface area contributed by atoms with E-state index in [-0.39, 0.29) is 11.1 Å². The van der Waals surface area contributed by atoms with Crippen molar-refractivity contribution >= 4 is 28.6 Å². The van der Waals surface area contributed by atoms with Crippen LogP contribution in [0.1, 0.15) is 26.3 Å². The van der Waals surface area contributed by atoms with Gasteiger partial charge in [0.05, 0.1) is 40.1 Å². The lowest BCUT2D eigenvalue weighted by Gasteiger charge is -2.08. The molecule has 1 heterocycles. The number of nitriles is 1. The van der Waals surface area contributed by atoms with Crippen molar-refractivity contribution in [2.24, 2.45) is 0 Å². The maximum atomic E-state index is 12.4. The standard InChI is InChI=1S/C16H10N4O3/c17-7-9-1-3-10(4-2-9)20-15(21)11-5-13-14(19-8-18-13)6-12(11)16(22)23/h1-6,8H,(H,18,19)(H,20,21)(H,22,23). The Morgan fingerprint density at radius 3 is 2.57 bits per heavy atom. The molecule has 0 radical (unpaired) electrons.